The molecule has 3 nitrogen and oxygen atoms in total. The maximum absolute atomic E-state index is 9.39. The van der Waals surface area contributed by atoms with Gasteiger partial charge < -0.3 is 4.74 Å². The average molecular weight is 301 g/mol. The van der Waals surface area contributed by atoms with Crippen LogP contribution in [0.5, 0.6) is 5.75 Å². The van der Waals surface area contributed by atoms with Gasteiger partial charge in [-0.1, -0.05) is 41.9 Å². The molecule has 0 amide bonds. The average Bonchev–Trinajstić information content (AvgIpc) is 2.53. The summed E-state index contributed by atoms with van der Waals surface area (Å²) in [4.78, 5) is 0. The van der Waals surface area contributed by atoms with E-state index in [-0.39, 0.29) is 6.04 Å². The van der Waals surface area contributed by atoms with Crippen LogP contribution in [0.2, 0.25) is 5.02 Å². The summed E-state index contributed by atoms with van der Waals surface area (Å²) >= 11 is 6.16. The van der Waals surface area contributed by atoms with Crippen molar-refractivity contribution in [2.75, 3.05) is 7.11 Å². The first-order valence-corrected chi connectivity index (χ1v) is 7.07. The number of hydrogen-bond acceptors (Lipinski definition) is 3. The minimum absolute atomic E-state index is 0.0248. The lowest BCUT2D eigenvalue weighted by Crippen LogP contribution is -2.23. The maximum atomic E-state index is 9.39. The van der Waals surface area contributed by atoms with Crippen molar-refractivity contribution in [3.8, 4) is 11.8 Å². The van der Waals surface area contributed by atoms with Crippen molar-refractivity contribution in [1.29, 1.82) is 5.26 Å². The first-order valence-electron chi connectivity index (χ1n) is 6.69. The van der Waals surface area contributed by atoms with E-state index in [2.05, 4.69) is 11.4 Å². The zero-order valence-corrected chi connectivity index (χ0v) is 12.8. The van der Waals surface area contributed by atoms with E-state index in [1.165, 1.54) is 0 Å². The molecule has 2 aromatic rings. The third kappa shape index (κ3) is 3.75. The van der Waals surface area contributed by atoms with Crippen molar-refractivity contribution in [1.82, 2.24) is 5.32 Å². The standard InChI is InChI=1S/C17H17ClN2O/c1-12(13-7-9-14(21-2)10-8-13)20-17(11-19)15-5-3-4-6-16(15)18/h3-10,12,17,20H,1-2H3/t12-,17+/m0/s1. The van der Waals surface area contributed by atoms with Crippen LogP contribution in [-0.2, 0) is 0 Å². The Kier molecular flexibility index (Phi) is 5.21. The first-order chi connectivity index (χ1) is 10.2. The molecule has 2 rings (SSSR count). The molecular weight excluding hydrogens is 284 g/mol. The smallest absolute Gasteiger partial charge is 0.123 e. The van der Waals surface area contributed by atoms with Crippen molar-refractivity contribution >= 4 is 11.6 Å². The number of nitrogens with zero attached hydrogens (tertiary/aromatic N) is 1. The summed E-state index contributed by atoms with van der Waals surface area (Å²) in [6.45, 7) is 2.02. The lowest BCUT2D eigenvalue weighted by atomic mass is 10.0. The zero-order valence-electron chi connectivity index (χ0n) is 12.0. The Morgan fingerprint density at radius 2 is 1.81 bits per heavy atom. The Morgan fingerprint density at radius 1 is 1.14 bits per heavy atom. The highest BCUT2D eigenvalue weighted by Gasteiger charge is 2.17. The summed E-state index contributed by atoms with van der Waals surface area (Å²) in [6, 6.07) is 17.0. The van der Waals surface area contributed by atoms with E-state index >= 15 is 0 Å². The van der Waals surface area contributed by atoms with Crippen molar-refractivity contribution < 1.29 is 4.74 Å². The SMILES string of the molecule is COc1ccc([C@H](C)N[C@H](C#N)c2ccccc2Cl)cc1. The van der Waals surface area contributed by atoms with E-state index in [1.54, 1.807) is 13.2 Å². The summed E-state index contributed by atoms with van der Waals surface area (Å²) in [5.41, 5.74) is 1.88. The molecule has 0 radical (unpaired) electrons. The van der Waals surface area contributed by atoms with Crippen molar-refractivity contribution in [3.63, 3.8) is 0 Å². The minimum Gasteiger partial charge on any atom is -0.497 e. The van der Waals surface area contributed by atoms with Gasteiger partial charge in [0, 0.05) is 16.6 Å². The zero-order chi connectivity index (χ0) is 15.2. The molecular formula is C17H17ClN2O. The molecule has 0 unspecified atom stereocenters. The lowest BCUT2D eigenvalue weighted by Gasteiger charge is -2.20. The number of halogens is 1. The lowest BCUT2D eigenvalue weighted by molar-refractivity contribution is 0.414. The van der Waals surface area contributed by atoms with Gasteiger partial charge >= 0.3 is 0 Å². The van der Waals surface area contributed by atoms with Crippen LogP contribution in [0.4, 0.5) is 0 Å². The molecule has 108 valence electrons. The molecule has 0 heterocycles. The molecule has 0 bridgehead atoms. The second-order valence-corrected chi connectivity index (χ2v) is 5.15. The Morgan fingerprint density at radius 3 is 2.38 bits per heavy atom. The third-order valence-electron chi connectivity index (χ3n) is 3.38. The van der Waals surface area contributed by atoms with Crippen LogP contribution in [-0.4, -0.2) is 7.11 Å². The molecule has 2 atom stereocenters. The Bertz CT molecular complexity index is 634. The third-order valence-corrected chi connectivity index (χ3v) is 3.72. The number of hydrogen-bond donors (Lipinski definition) is 1. The predicted molar refractivity (Wildman–Crippen MR) is 84.4 cm³/mol. The Balaban J connectivity index is 2.14. The van der Waals surface area contributed by atoms with Crippen LogP contribution < -0.4 is 10.1 Å². The molecule has 2 aromatic carbocycles. The van der Waals surface area contributed by atoms with Gasteiger partial charge in [-0.25, -0.2) is 0 Å². The predicted octanol–water partition coefficient (Wildman–Crippen LogP) is 4.26. The van der Waals surface area contributed by atoms with Gasteiger partial charge in [-0.2, -0.15) is 5.26 Å². The van der Waals surface area contributed by atoms with Crippen LogP contribution in [0.25, 0.3) is 0 Å². The van der Waals surface area contributed by atoms with Crippen molar-refractivity contribution in [2.45, 2.75) is 19.0 Å². The van der Waals surface area contributed by atoms with Gasteiger partial charge in [-0.15, -0.1) is 0 Å². The van der Waals surface area contributed by atoms with Gasteiger partial charge in [0.1, 0.15) is 11.8 Å². The largest absolute Gasteiger partial charge is 0.497 e. The van der Waals surface area contributed by atoms with Gasteiger partial charge in [-0.3, -0.25) is 5.32 Å². The van der Waals surface area contributed by atoms with Gasteiger partial charge in [-0.05, 0) is 30.7 Å². The summed E-state index contributed by atoms with van der Waals surface area (Å²) < 4.78 is 5.15. The van der Waals surface area contributed by atoms with Crippen LogP contribution >= 0.6 is 11.6 Å². The number of ether oxygens (including phenoxy) is 1. The fourth-order valence-corrected chi connectivity index (χ4v) is 2.39. The topological polar surface area (TPSA) is 45.0 Å². The molecule has 0 saturated heterocycles. The molecule has 0 saturated carbocycles. The molecule has 0 aliphatic rings. The summed E-state index contributed by atoms with van der Waals surface area (Å²) in [7, 11) is 1.64. The second-order valence-electron chi connectivity index (χ2n) is 4.75. The van der Waals surface area contributed by atoms with Crippen LogP contribution in [0.1, 0.15) is 30.1 Å². The van der Waals surface area contributed by atoms with E-state index in [0.29, 0.717) is 5.02 Å². The summed E-state index contributed by atoms with van der Waals surface area (Å²) in [5.74, 6) is 0.814. The van der Waals surface area contributed by atoms with E-state index < -0.39 is 6.04 Å². The maximum Gasteiger partial charge on any atom is 0.123 e. The number of benzene rings is 2. The molecule has 0 spiro atoms. The normalized spacial score (nSPS) is 13.2. The second kappa shape index (κ2) is 7.12. The van der Waals surface area contributed by atoms with Gasteiger partial charge in [0.15, 0.2) is 0 Å². The molecule has 4 heteroatoms. The van der Waals surface area contributed by atoms with Gasteiger partial charge in [0.25, 0.3) is 0 Å². The molecule has 0 fully saturated rings. The first kappa shape index (κ1) is 15.4. The fraction of sp³-hybridized carbons (Fsp3) is 0.235. The molecule has 0 aliphatic heterocycles. The number of nitriles is 1. The quantitative estimate of drug-likeness (QED) is 0.897. The highest BCUT2D eigenvalue weighted by Crippen LogP contribution is 2.25. The molecule has 0 aromatic heterocycles. The highest BCUT2D eigenvalue weighted by atomic mass is 35.5. The highest BCUT2D eigenvalue weighted by molar-refractivity contribution is 6.31. The van der Waals surface area contributed by atoms with Crippen LogP contribution in [0.15, 0.2) is 48.5 Å². The van der Waals surface area contributed by atoms with E-state index in [4.69, 9.17) is 16.3 Å². The summed E-state index contributed by atoms with van der Waals surface area (Å²) in [6.07, 6.45) is 0. The molecule has 0 aliphatic carbocycles. The van der Waals surface area contributed by atoms with Gasteiger partial charge in [0.05, 0.1) is 13.2 Å². The number of methoxy groups -OCH3 is 1. The Labute approximate surface area is 130 Å². The summed E-state index contributed by atoms with van der Waals surface area (Å²) in [5, 5.41) is 13.3. The van der Waals surface area contributed by atoms with Crippen molar-refractivity contribution in [2.24, 2.45) is 0 Å². The van der Waals surface area contributed by atoms with E-state index in [9.17, 15) is 5.26 Å². The van der Waals surface area contributed by atoms with Crippen molar-refractivity contribution in [3.05, 3.63) is 64.7 Å². The number of nitrogens with one attached hydrogen (secondary N) is 1. The fourth-order valence-electron chi connectivity index (χ4n) is 2.14. The Hall–Kier alpha value is -2.02. The number of rotatable bonds is 5. The van der Waals surface area contributed by atoms with E-state index in [1.807, 2.05) is 49.4 Å². The monoisotopic (exact) mass is 300 g/mol. The molecule has 1 N–H and O–H groups in total. The van der Waals surface area contributed by atoms with Crippen LogP contribution in [0.3, 0.4) is 0 Å². The van der Waals surface area contributed by atoms with E-state index in [0.717, 1.165) is 16.9 Å². The molecule has 21 heavy (non-hydrogen) atoms. The van der Waals surface area contributed by atoms with Crippen LogP contribution in [0, 0.1) is 11.3 Å². The van der Waals surface area contributed by atoms with Gasteiger partial charge in [0.2, 0.25) is 0 Å². The minimum atomic E-state index is -0.448.